The van der Waals surface area contributed by atoms with Crippen LogP contribution in [0.25, 0.3) is 11.1 Å². The van der Waals surface area contributed by atoms with Crippen LogP contribution in [0.1, 0.15) is 6.92 Å². The minimum Gasteiger partial charge on any atom is -0.340 e. The Kier molecular flexibility index (Phi) is 5.40. The predicted molar refractivity (Wildman–Crippen MR) is 97.0 cm³/mol. The first-order chi connectivity index (χ1) is 12.1. The zero-order chi connectivity index (χ0) is 17.6. The molecule has 6 nitrogen and oxygen atoms in total. The van der Waals surface area contributed by atoms with E-state index in [9.17, 15) is 9.59 Å². The van der Waals surface area contributed by atoms with Crippen molar-refractivity contribution in [3.8, 4) is 11.1 Å². The maximum Gasteiger partial charge on any atom is 0.238 e. The number of hydrogen-bond acceptors (Lipinski definition) is 4. The lowest BCUT2D eigenvalue weighted by Crippen LogP contribution is -2.49. The number of carbonyl (C=O) groups excluding carboxylic acids is 2. The van der Waals surface area contributed by atoms with E-state index in [1.807, 2.05) is 41.3 Å². The third-order valence-electron chi connectivity index (χ3n) is 4.36. The highest BCUT2D eigenvalue weighted by atomic mass is 16.2. The van der Waals surface area contributed by atoms with Crippen molar-refractivity contribution < 1.29 is 9.59 Å². The van der Waals surface area contributed by atoms with Gasteiger partial charge in [0.15, 0.2) is 0 Å². The molecule has 1 saturated heterocycles. The van der Waals surface area contributed by atoms with Crippen LogP contribution in [0.5, 0.6) is 0 Å². The number of aromatic nitrogens is 1. The number of piperazine rings is 1. The number of benzene rings is 1. The standard InChI is InChI=1S/C19H22N4O2/c1-15(24)23-11-9-22(10-12-23)14-19(25)21-18-13-20-8-7-17(18)16-5-3-2-4-6-16/h2-8,13H,9-12,14H2,1H3,(H,21,25). The fourth-order valence-corrected chi connectivity index (χ4v) is 2.98. The second-order valence-electron chi connectivity index (χ2n) is 6.12. The van der Waals surface area contributed by atoms with Crippen LogP contribution < -0.4 is 5.32 Å². The number of pyridine rings is 1. The Balaban J connectivity index is 1.62. The number of nitrogens with one attached hydrogen (secondary N) is 1. The molecule has 0 spiro atoms. The highest BCUT2D eigenvalue weighted by Gasteiger charge is 2.20. The monoisotopic (exact) mass is 338 g/mol. The SMILES string of the molecule is CC(=O)N1CCN(CC(=O)Nc2cnccc2-c2ccccc2)CC1. The highest BCUT2D eigenvalue weighted by Crippen LogP contribution is 2.26. The summed E-state index contributed by atoms with van der Waals surface area (Å²) in [7, 11) is 0. The summed E-state index contributed by atoms with van der Waals surface area (Å²) in [6.45, 7) is 4.66. The van der Waals surface area contributed by atoms with Gasteiger partial charge in [-0.15, -0.1) is 0 Å². The number of rotatable bonds is 4. The second kappa shape index (κ2) is 7.90. The molecule has 1 N–H and O–H groups in total. The molecular formula is C19H22N4O2. The van der Waals surface area contributed by atoms with Crippen LogP contribution in [0.4, 0.5) is 5.69 Å². The van der Waals surface area contributed by atoms with Gasteiger partial charge >= 0.3 is 0 Å². The van der Waals surface area contributed by atoms with Crippen LogP contribution >= 0.6 is 0 Å². The molecule has 0 bridgehead atoms. The van der Waals surface area contributed by atoms with E-state index in [4.69, 9.17) is 0 Å². The quantitative estimate of drug-likeness (QED) is 0.924. The molecular weight excluding hydrogens is 316 g/mol. The van der Waals surface area contributed by atoms with Crippen LogP contribution in [0.2, 0.25) is 0 Å². The lowest BCUT2D eigenvalue weighted by Gasteiger charge is -2.33. The average Bonchev–Trinajstić information content (AvgIpc) is 2.63. The topological polar surface area (TPSA) is 65.5 Å². The maximum absolute atomic E-state index is 12.4. The van der Waals surface area contributed by atoms with Gasteiger partial charge in [0.05, 0.1) is 18.4 Å². The van der Waals surface area contributed by atoms with Crippen molar-refractivity contribution in [1.29, 1.82) is 0 Å². The lowest BCUT2D eigenvalue weighted by atomic mass is 10.1. The van der Waals surface area contributed by atoms with Crippen molar-refractivity contribution in [2.45, 2.75) is 6.92 Å². The number of hydrogen-bond donors (Lipinski definition) is 1. The normalized spacial score (nSPS) is 15.0. The van der Waals surface area contributed by atoms with Crippen molar-refractivity contribution in [2.24, 2.45) is 0 Å². The molecule has 1 aromatic heterocycles. The molecule has 1 aliphatic heterocycles. The Morgan fingerprint density at radius 3 is 2.48 bits per heavy atom. The first-order valence-electron chi connectivity index (χ1n) is 8.40. The molecule has 1 aliphatic rings. The molecule has 2 heterocycles. The van der Waals surface area contributed by atoms with Crippen molar-refractivity contribution in [3.05, 3.63) is 48.8 Å². The molecule has 0 saturated carbocycles. The molecule has 0 radical (unpaired) electrons. The fraction of sp³-hybridized carbons (Fsp3) is 0.316. The summed E-state index contributed by atoms with van der Waals surface area (Å²) in [5.74, 6) is 0.0217. The van der Waals surface area contributed by atoms with Gasteiger partial charge in [-0.3, -0.25) is 19.5 Å². The summed E-state index contributed by atoms with van der Waals surface area (Å²) >= 11 is 0. The van der Waals surface area contributed by atoms with Crippen molar-refractivity contribution >= 4 is 17.5 Å². The van der Waals surface area contributed by atoms with Crippen LogP contribution in [0, 0.1) is 0 Å². The van der Waals surface area contributed by atoms with Crippen LogP contribution in [0.15, 0.2) is 48.8 Å². The van der Waals surface area contributed by atoms with Gasteiger partial charge < -0.3 is 10.2 Å². The van der Waals surface area contributed by atoms with E-state index in [-0.39, 0.29) is 11.8 Å². The highest BCUT2D eigenvalue weighted by molar-refractivity contribution is 5.96. The Morgan fingerprint density at radius 1 is 1.08 bits per heavy atom. The average molecular weight is 338 g/mol. The second-order valence-corrected chi connectivity index (χ2v) is 6.12. The molecule has 6 heteroatoms. The van der Waals surface area contributed by atoms with E-state index in [1.54, 1.807) is 19.3 Å². The Morgan fingerprint density at radius 2 is 1.80 bits per heavy atom. The van der Waals surface area contributed by atoms with Crippen LogP contribution in [0.3, 0.4) is 0 Å². The van der Waals surface area contributed by atoms with Crippen molar-refractivity contribution in [2.75, 3.05) is 38.0 Å². The molecule has 2 amide bonds. The van der Waals surface area contributed by atoms with E-state index < -0.39 is 0 Å². The minimum absolute atomic E-state index is 0.0681. The van der Waals surface area contributed by atoms with Crippen LogP contribution in [-0.2, 0) is 9.59 Å². The van der Waals surface area contributed by atoms with Crippen molar-refractivity contribution in [1.82, 2.24) is 14.8 Å². The summed E-state index contributed by atoms with van der Waals surface area (Å²) in [6.07, 6.45) is 3.40. The first kappa shape index (κ1) is 17.1. The van der Waals surface area contributed by atoms with E-state index in [0.29, 0.717) is 38.4 Å². The minimum atomic E-state index is -0.0681. The van der Waals surface area contributed by atoms with E-state index in [1.165, 1.54) is 0 Å². The van der Waals surface area contributed by atoms with E-state index in [0.717, 1.165) is 11.1 Å². The lowest BCUT2D eigenvalue weighted by molar-refractivity contribution is -0.130. The number of anilines is 1. The number of nitrogens with zero attached hydrogens (tertiary/aromatic N) is 3. The van der Waals surface area contributed by atoms with Gasteiger partial charge in [0.1, 0.15) is 0 Å². The smallest absolute Gasteiger partial charge is 0.238 e. The summed E-state index contributed by atoms with van der Waals surface area (Å²) in [4.78, 5) is 31.8. The third kappa shape index (κ3) is 4.42. The summed E-state index contributed by atoms with van der Waals surface area (Å²) in [5.41, 5.74) is 2.70. The molecule has 0 atom stereocenters. The van der Waals surface area contributed by atoms with E-state index >= 15 is 0 Å². The molecule has 3 rings (SSSR count). The summed E-state index contributed by atoms with van der Waals surface area (Å²) in [6, 6.07) is 11.8. The van der Waals surface area contributed by atoms with Crippen LogP contribution in [-0.4, -0.2) is 59.3 Å². The number of carbonyl (C=O) groups is 2. The zero-order valence-electron chi connectivity index (χ0n) is 14.3. The molecule has 0 aliphatic carbocycles. The largest absolute Gasteiger partial charge is 0.340 e. The first-order valence-corrected chi connectivity index (χ1v) is 8.40. The Bertz CT molecular complexity index is 740. The molecule has 1 fully saturated rings. The third-order valence-corrected chi connectivity index (χ3v) is 4.36. The Labute approximate surface area is 147 Å². The Hall–Kier alpha value is -2.73. The van der Waals surface area contributed by atoms with Gasteiger partial charge in [-0.2, -0.15) is 0 Å². The summed E-state index contributed by atoms with van der Waals surface area (Å²) < 4.78 is 0. The van der Waals surface area contributed by atoms with E-state index in [2.05, 4.69) is 15.2 Å². The van der Waals surface area contributed by atoms with Gasteiger partial charge in [-0.05, 0) is 11.6 Å². The molecule has 2 aromatic rings. The molecule has 1 aromatic carbocycles. The van der Waals surface area contributed by atoms with Gasteiger partial charge in [0, 0.05) is 44.9 Å². The predicted octanol–water partition coefficient (Wildman–Crippen LogP) is 1.85. The van der Waals surface area contributed by atoms with Crippen molar-refractivity contribution in [3.63, 3.8) is 0 Å². The van der Waals surface area contributed by atoms with Gasteiger partial charge in [-0.25, -0.2) is 0 Å². The number of amides is 2. The van der Waals surface area contributed by atoms with Gasteiger partial charge in [0.25, 0.3) is 0 Å². The zero-order valence-corrected chi connectivity index (χ0v) is 14.3. The molecule has 0 unspecified atom stereocenters. The summed E-state index contributed by atoms with van der Waals surface area (Å²) in [5, 5.41) is 2.97. The molecule has 25 heavy (non-hydrogen) atoms. The van der Waals surface area contributed by atoms with Gasteiger partial charge in [-0.1, -0.05) is 30.3 Å². The molecule has 130 valence electrons. The maximum atomic E-state index is 12.4. The fourth-order valence-electron chi connectivity index (χ4n) is 2.98. The van der Waals surface area contributed by atoms with Gasteiger partial charge in [0.2, 0.25) is 11.8 Å².